The molecule has 4 bridgehead atoms. The van der Waals surface area contributed by atoms with Crippen LogP contribution in [0.25, 0.3) is 0 Å². The van der Waals surface area contributed by atoms with Gasteiger partial charge in [-0.15, -0.1) is 0 Å². The van der Waals surface area contributed by atoms with Crippen LogP contribution in [0.15, 0.2) is 35.9 Å². The summed E-state index contributed by atoms with van der Waals surface area (Å²) >= 11 is 0. The Morgan fingerprint density at radius 2 is 2.11 bits per heavy atom. The number of carbonyl (C=O) groups excluding carboxylic acids is 1. The zero-order valence-electron chi connectivity index (χ0n) is 16.0. The normalized spacial score (nSPS) is 42.1. The fourth-order valence-corrected chi connectivity index (χ4v) is 6.02. The third-order valence-electron chi connectivity index (χ3n) is 7.37. The summed E-state index contributed by atoms with van der Waals surface area (Å²) in [6, 6.07) is 7.89. The third kappa shape index (κ3) is 1.96. The Bertz CT molecular complexity index is 839. The lowest BCUT2D eigenvalue weighted by Gasteiger charge is -2.51. The molecular formula is C21H26N2O4. The maximum Gasteiger partial charge on any atom is 0.264 e. The lowest BCUT2D eigenvalue weighted by Crippen LogP contribution is -2.61. The lowest BCUT2D eigenvalue weighted by molar-refractivity contribution is -0.157. The van der Waals surface area contributed by atoms with Crippen molar-refractivity contribution in [2.24, 2.45) is 5.92 Å². The van der Waals surface area contributed by atoms with E-state index < -0.39 is 11.0 Å². The molecule has 4 fully saturated rings. The molecule has 1 spiro atoms. The number of anilines is 1. The molecule has 1 aromatic rings. The van der Waals surface area contributed by atoms with Crippen molar-refractivity contribution in [3.8, 4) is 0 Å². The van der Waals surface area contributed by atoms with Gasteiger partial charge in [0.2, 0.25) is 0 Å². The van der Waals surface area contributed by atoms with E-state index in [0.29, 0.717) is 19.4 Å². The molecule has 4 aliphatic heterocycles. The van der Waals surface area contributed by atoms with Crippen molar-refractivity contribution in [3.05, 3.63) is 41.5 Å². The van der Waals surface area contributed by atoms with Gasteiger partial charge in [-0.2, -0.15) is 5.06 Å². The molecule has 4 heterocycles. The van der Waals surface area contributed by atoms with Crippen LogP contribution >= 0.6 is 0 Å². The number of likely N-dealkylation sites (tertiary alicyclic amines) is 1. The van der Waals surface area contributed by atoms with Crippen molar-refractivity contribution in [2.75, 3.05) is 32.4 Å². The molecule has 0 radical (unpaired) electrons. The predicted octanol–water partition coefficient (Wildman–Crippen LogP) is 1.63. The fourth-order valence-electron chi connectivity index (χ4n) is 6.02. The molecule has 1 aliphatic carbocycles. The van der Waals surface area contributed by atoms with Crippen LogP contribution in [0, 0.1) is 5.92 Å². The first-order chi connectivity index (χ1) is 13.0. The Morgan fingerprint density at radius 3 is 2.85 bits per heavy atom. The summed E-state index contributed by atoms with van der Waals surface area (Å²) in [5, 5.41) is 13.1. The van der Waals surface area contributed by atoms with Gasteiger partial charge in [0.25, 0.3) is 5.91 Å². The molecule has 5 aliphatic rings. The average Bonchev–Trinajstić information content (AvgIpc) is 2.77. The van der Waals surface area contributed by atoms with E-state index in [1.54, 1.807) is 0 Å². The number of ether oxygens (including phenoxy) is 1. The highest BCUT2D eigenvalue weighted by Crippen LogP contribution is 2.58. The fraction of sp³-hybridized carbons (Fsp3) is 0.571. The highest BCUT2D eigenvalue weighted by Gasteiger charge is 2.67. The van der Waals surface area contributed by atoms with Crippen LogP contribution in [-0.4, -0.2) is 61.0 Å². The first kappa shape index (κ1) is 17.4. The van der Waals surface area contributed by atoms with Crippen LogP contribution in [0.4, 0.5) is 5.69 Å². The molecule has 5 unspecified atom stereocenters. The van der Waals surface area contributed by atoms with Gasteiger partial charge in [0.05, 0.1) is 31.1 Å². The summed E-state index contributed by atoms with van der Waals surface area (Å²) in [5.74, 6) is -0.113. The second-order valence-electron chi connectivity index (χ2n) is 8.33. The average molecular weight is 370 g/mol. The van der Waals surface area contributed by atoms with Gasteiger partial charge in [0.1, 0.15) is 5.41 Å². The molecule has 6 heteroatoms. The van der Waals surface area contributed by atoms with Crippen LogP contribution < -0.4 is 5.06 Å². The Labute approximate surface area is 159 Å². The van der Waals surface area contributed by atoms with E-state index in [-0.39, 0.29) is 24.0 Å². The number of aliphatic hydroxyl groups is 1. The predicted molar refractivity (Wildman–Crippen MR) is 100 cm³/mol. The number of rotatable bonds is 1. The van der Waals surface area contributed by atoms with Gasteiger partial charge in [-0.3, -0.25) is 14.5 Å². The second kappa shape index (κ2) is 5.64. The van der Waals surface area contributed by atoms with Crippen molar-refractivity contribution < 1.29 is 19.5 Å². The minimum absolute atomic E-state index is 0.0327. The summed E-state index contributed by atoms with van der Waals surface area (Å²) in [6.07, 6.45) is 2.73. The van der Waals surface area contributed by atoms with E-state index in [4.69, 9.17) is 9.57 Å². The number of fused-ring (bicyclic) bond motifs is 2. The Hall–Kier alpha value is -1.73. The van der Waals surface area contributed by atoms with Crippen molar-refractivity contribution >= 4 is 11.6 Å². The van der Waals surface area contributed by atoms with Gasteiger partial charge in [-0.05, 0) is 37.6 Å². The largest absolute Gasteiger partial charge is 0.385 e. The molecule has 1 amide bonds. The van der Waals surface area contributed by atoms with Crippen molar-refractivity contribution in [1.29, 1.82) is 0 Å². The highest BCUT2D eigenvalue weighted by atomic mass is 16.7. The first-order valence-corrected chi connectivity index (χ1v) is 9.65. The summed E-state index contributed by atoms with van der Waals surface area (Å²) in [4.78, 5) is 21.4. The van der Waals surface area contributed by atoms with Crippen molar-refractivity contribution in [2.45, 2.75) is 42.9 Å². The van der Waals surface area contributed by atoms with Crippen LogP contribution in [0.5, 0.6) is 0 Å². The van der Waals surface area contributed by atoms with Crippen LogP contribution in [-0.2, 0) is 19.8 Å². The van der Waals surface area contributed by atoms with Gasteiger partial charge in [-0.25, -0.2) is 0 Å². The number of likely N-dealkylation sites (N-methyl/N-ethyl adjacent to an activating group) is 1. The molecule has 0 aromatic heterocycles. The van der Waals surface area contributed by atoms with Gasteiger partial charge >= 0.3 is 0 Å². The molecular weight excluding hydrogens is 344 g/mol. The first-order valence-electron chi connectivity index (χ1n) is 9.65. The van der Waals surface area contributed by atoms with E-state index >= 15 is 0 Å². The molecule has 1 N–H and O–H groups in total. The van der Waals surface area contributed by atoms with Gasteiger partial charge in [0, 0.05) is 24.9 Å². The summed E-state index contributed by atoms with van der Waals surface area (Å²) in [7, 11) is 3.61. The molecule has 1 saturated carbocycles. The minimum Gasteiger partial charge on any atom is -0.385 e. The number of amides is 1. The van der Waals surface area contributed by atoms with E-state index in [1.807, 2.05) is 37.3 Å². The van der Waals surface area contributed by atoms with Gasteiger partial charge < -0.3 is 9.84 Å². The molecule has 3 saturated heterocycles. The maximum atomic E-state index is 13.7. The lowest BCUT2D eigenvalue weighted by atomic mass is 9.70. The van der Waals surface area contributed by atoms with Crippen LogP contribution in [0.2, 0.25) is 0 Å². The number of benzene rings is 1. The SMILES string of the molecule is CC=C1CN(C)C2CC3(C(=O)N(OC)c4ccccc43)C3CC1(O)C2CO3. The molecule has 1 aromatic carbocycles. The number of hydrogen-bond donors (Lipinski definition) is 1. The monoisotopic (exact) mass is 370 g/mol. The third-order valence-corrected chi connectivity index (χ3v) is 7.37. The number of para-hydroxylation sites is 1. The van der Waals surface area contributed by atoms with E-state index in [2.05, 4.69) is 11.9 Å². The minimum atomic E-state index is -0.909. The van der Waals surface area contributed by atoms with Crippen LogP contribution in [0.1, 0.15) is 25.3 Å². The summed E-state index contributed by atoms with van der Waals surface area (Å²) in [5.41, 5.74) is 1.05. The molecule has 5 atom stereocenters. The van der Waals surface area contributed by atoms with Crippen molar-refractivity contribution in [3.63, 3.8) is 0 Å². The topological polar surface area (TPSA) is 62.2 Å². The van der Waals surface area contributed by atoms with Gasteiger partial charge in [-0.1, -0.05) is 24.3 Å². The molecule has 6 nitrogen and oxygen atoms in total. The smallest absolute Gasteiger partial charge is 0.264 e. The number of piperidine rings is 1. The number of hydrogen-bond acceptors (Lipinski definition) is 5. The number of nitrogens with zero attached hydrogens (tertiary/aromatic N) is 2. The molecule has 6 rings (SSSR count). The van der Waals surface area contributed by atoms with E-state index in [1.165, 1.54) is 12.2 Å². The maximum absolute atomic E-state index is 13.7. The Morgan fingerprint density at radius 1 is 1.33 bits per heavy atom. The number of allylic oxidation sites excluding steroid dienone is 1. The highest BCUT2D eigenvalue weighted by molar-refractivity contribution is 6.07. The second-order valence-corrected chi connectivity index (χ2v) is 8.33. The van der Waals surface area contributed by atoms with E-state index in [9.17, 15) is 9.90 Å². The Kier molecular flexibility index (Phi) is 3.63. The van der Waals surface area contributed by atoms with E-state index in [0.717, 1.165) is 23.4 Å². The van der Waals surface area contributed by atoms with Gasteiger partial charge in [0.15, 0.2) is 0 Å². The Balaban J connectivity index is 1.73. The molecule has 144 valence electrons. The van der Waals surface area contributed by atoms with Crippen LogP contribution in [0.3, 0.4) is 0 Å². The number of hydroxylamine groups is 1. The quantitative estimate of drug-likeness (QED) is 0.762. The number of carbonyl (C=O) groups is 1. The zero-order chi connectivity index (χ0) is 19.0. The molecule has 27 heavy (non-hydrogen) atoms. The summed E-state index contributed by atoms with van der Waals surface area (Å²) in [6.45, 7) is 3.18. The summed E-state index contributed by atoms with van der Waals surface area (Å²) < 4.78 is 6.29. The zero-order valence-corrected chi connectivity index (χ0v) is 16.0. The van der Waals surface area contributed by atoms with Crippen molar-refractivity contribution in [1.82, 2.24) is 4.90 Å². The standard InChI is InChI=1S/C21H26N2O4/c1-4-13-11-22(2)17-9-20(18-10-21(13,25)15(17)12-27-18)14-7-5-6-8-16(14)23(26-3)19(20)24/h4-8,15,17-18,25H,9-12H2,1-3H3.